The Kier molecular flexibility index (Phi) is 8.25. The minimum absolute atomic E-state index is 0.0815. The van der Waals surface area contributed by atoms with Gasteiger partial charge in [-0.2, -0.15) is 0 Å². The number of aliphatic imine (C=N–C) groups is 1. The van der Waals surface area contributed by atoms with Gasteiger partial charge in [0.15, 0.2) is 23.0 Å². The van der Waals surface area contributed by atoms with Crippen molar-refractivity contribution in [1.29, 1.82) is 0 Å². The smallest absolute Gasteiger partial charge is 0.353 e. The molecule has 2 unspecified atom stereocenters. The second-order valence-electron chi connectivity index (χ2n) is 8.36. The van der Waals surface area contributed by atoms with Crippen LogP contribution in [-0.4, -0.2) is 90.6 Å². The summed E-state index contributed by atoms with van der Waals surface area (Å²) in [4.78, 5) is 55.5. The molecule has 14 nitrogen and oxygen atoms in total. The van der Waals surface area contributed by atoms with Gasteiger partial charge in [-0.3, -0.25) is 14.5 Å². The maximum absolute atomic E-state index is 13.6. The maximum atomic E-state index is 13.6. The van der Waals surface area contributed by atoms with Crippen molar-refractivity contribution in [2.24, 2.45) is 21.6 Å². The van der Waals surface area contributed by atoms with E-state index in [9.17, 15) is 19.5 Å². The molecule has 0 radical (unpaired) electrons. The number of aromatic nitrogens is 1. The molecule has 40 heavy (non-hydrogen) atoms. The molecule has 3 atom stereocenters. The Bertz CT molecular complexity index is 1460. The molecule has 1 aromatic heterocycles. The average molecular weight is 602 g/mol. The first-order valence-electron chi connectivity index (χ1n) is 11.3. The van der Waals surface area contributed by atoms with Gasteiger partial charge in [-0.15, -0.1) is 36.1 Å². The van der Waals surface area contributed by atoms with Gasteiger partial charge in [0.2, 0.25) is 0 Å². The van der Waals surface area contributed by atoms with Crippen LogP contribution in [0.25, 0.3) is 0 Å². The van der Waals surface area contributed by atoms with Gasteiger partial charge < -0.3 is 37.4 Å². The lowest BCUT2D eigenvalue weighted by Gasteiger charge is -2.55. The van der Waals surface area contributed by atoms with Gasteiger partial charge in [-0.1, -0.05) is 29.4 Å². The number of nitrogen functional groups attached to an aromatic ring is 1. The molecule has 1 saturated heterocycles. The lowest BCUT2D eigenvalue weighted by atomic mass is 9.87. The molecule has 4 rings (SSSR count). The zero-order chi connectivity index (χ0) is 29.2. The number of hydrogen-bond acceptors (Lipinski definition) is 14. The molecule has 3 aliphatic rings. The van der Waals surface area contributed by atoms with Crippen molar-refractivity contribution in [2.45, 2.75) is 17.1 Å². The number of β-lactam (4-membered cyclic amide) rings is 1. The van der Waals surface area contributed by atoms with Crippen LogP contribution >= 0.6 is 35.3 Å². The Balaban J connectivity index is 1.70. The van der Waals surface area contributed by atoms with Crippen LogP contribution in [0.4, 0.5) is 5.13 Å². The SMILES string of the molecule is C#CCO/N=C(\C(=O)NC1(C=S)C(=O)N2C(C(=O)O)=C(C3=NC(N)=CC(N)N3CC=C)CS[C@H]21)c1csc(N)n1. The minimum atomic E-state index is -1.75. The summed E-state index contributed by atoms with van der Waals surface area (Å²) in [5.74, 6) is -0.415. The number of carboxylic acids is 1. The summed E-state index contributed by atoms with van der Waals surface area (Å²) in [7, 11) is 0. The first-order valence-corrected chi connectivity index (χ1v) is 13.7. The third-order valence-electron chi connectivity index (χ3n) is 5.91. The number of hydrogen-bond donors (Lipinski definition) is 5. The van der Waals surface area contributed by atoms with Gasteiger partial charge in [0, 0.05) is 28.6 Å². The van der Waals surface area contributed by atoms with Crippen molar-refractivity contribution in [1.82, 2.24) is 20.1 Å². The molecular formula is C23H23N9O5S3. The number of oxime groups is 1. The van der Waals surface area contributed by atoms with E-state index in [1.165, 1.54) is 23.2 Å². The first-order chi connectivity index (χ1) is 19.1. The molecule has 1 fully saturated rings. The number of thiazole rings is 1. The van der Waals surface area contributed by atoms with Gasteiger partial charge >= 0.3 is 5.97 Å². The second-order valence-corrected chi connectivity index (χ2v) is 10.6. The number of thioether (sulfide) groups is 1. The van der Waals surface area contributed by atoms with E-state index in [0.717, 1.165) is 21.6 Å². The summed E-state index contributed by atoms with van der Waals surface area (Å²) in [6.45, 7) is 3.72. The number of amides is 2. The minimum Gasteiger partial charge on any atom is -0.477 e. The van der Waals surface area contributed by atoms with Crippen LogP contribution in [0.5, 0.6) is 0 Å². The Hall–Kier alpha value is -4.24. The quantitative estimate of drug-likeness (QED) is 0.0423. The molecule has 1 aromatic rings. The monoisotopic (exact) mass is 601 g/mol. The first kappa shape index (κ1) is 28.8. The lowest BCUT2D eigenvalue weighted by molar-refractivity contribution is -0.153. The molecule has 0 bridgehead atoms. The number of carboxylic acid groups (broad SMARTS) is 1. The summed E-state index contributed by atoms with van der Waals surface area (Å²) in [5.41, 5.74) is 15.7. The van der Waals surface area contributed by atoms with Gasteiger partial charge in [-0.25, -0.2) is 14.8 Å². The van der Waals surface area contributed by atoms with E-state index in [2.05, 4.69) is 32.9 Å². The summed E-state index contributed by atoms with van der Waals surface area (Å²) in [6.07, 6.45) is 7.58. The molecule has 17 heteroatoms. The highest BCUT2D eigenvalue weighted by molar-refractivity contribution is 8.00. The molecule has 0 aliphatic carbocycles. The largest absolute Gasteiger partial charge is 0.477 e. The number of aliphatic carboxylic acids is 1. The predicted molar refractivity (Wildman–Crippen MR) is 155 cm³/mol. The lowest BCUT2D eigenvalue weighted by Crippen LogP contribution is -2.81. The number of anilines is 1. The summed E-state index contributed by atoms with van der Waals surface area (Å²) >= 11 is 7.41. The second kappa shape index (κ2) is 11.5. The van der Waals surface area contributed by atoms with Crippen LogP contribution in [0.3, 0.4) is 0 Å². The number of nitrogens with one attached hydrogen (secondary N) is 1. The maximum Gasteiger partial charge on any atom is 0.353 e. The van der Waals surface area contributed by atoms with E-state index in [0.29, 0.717) is 0 Å². The van der Waals surface area contributed by atoms with E-state index in [1.54, 1.807) is 11.0 Å². The van der Waals surface area contributed by atoms with Crippen LogP contribution in [0.1, 0.15) is 5.69 Å². The number of rotatable bonds is 10. The zero-order valence-corrected chi connectivity index (χ0v) is 23.1. The molecule has 2 amide bonds. The number of amidine groups is 1. The average Bonchev–Trinajstić information content (AvgIpc) is 3.35. The van der Waals surface area contributed by atoms with Crippen molar-refractivity contribution in [3.8, 4) is 12.3 Å². The fourth-order valence-corrected chi connectivity index (χ4v) is 6.56. The number of nitrogens with zero attached hydrogens (tertiary/aromatic N) is 5. The van der Waals surface area contributed by atoms with E-state index in [-0.39, 0.29) is 58.4 Å². The number of carbonyl (C=O) groups is 3. The van der Waals surface area contributed by atoms with Gasteiger partial charge in [0.25, 0.3) is 11.8 Å². The van der Waals surface area contributed by atoms with Crippen molar-refractivity contribution >= 4 is 75.1 Å². The number of fused-ring (bicyclic) bond motifs is 1. The Morgan fingerprint density at radius 3 is 2.83 bits per heavy atom. The standard InChI is InChI=1S/C23H23N9O5S3/c1-3-5-31-14(25)7-13(24)28-17(31)11-8-39-21-23(10-38,20(36)32(21)16(11)19(34)35)29-18(33)15(30-37-6-4-2)12-9-40-22(26)27-12/h2-3,7,9-10,14,21H,1,5-6,8,24-25H2,(H2,26,27)(H,29,33)(H,34,35)/b30-15-/t14?,21-,23?/m0/s1. The van der Waals surface area contributed by atoms with Gasteiger partial charge in [-0.05, 0) is 6.08 Å². The molecule has 4 heterocycles. The van der Waals surface area contributed by atoms with Gasteiger partial charge in [0.05, 0.1) is 0 Å². The topological polar surface area (TPSA) is 215 Å². The van der Waals surface area contributed by atoms with Crippen LogP contribution in [0.2, 0.25) is 0 Å². The van der Waals surface area contributed by atoms with Crippen LogP contribution in [0, 0.1) is 12.3 Å². The predicted octanol–water partition coefficient (Wildman–Crippen LogP) is -0.827. The summed E-state index contributed by atoms with van der Waals surface area (Å²) in [6, 6.07) is 0. The van der Waals surface area contributed by atoms with E-state index < -0.39 is 34.9 Å². The molecule has 8 N–H and O–H groups in total. The summed E-state index contributed by atoms with van der Waals surface area (Å²) < 4.78 is 0. The van der Waals surface area contributed by atoms with E-state index in [4.69, 9.17) is 40.7 Å². The Morgan fingerprint density at radius 1 is 1.48 bits per heavy atom. The highest BCUT2D eigenvalue weighted by atomic mass is 32.2. The number of terminal acetylenes is 1. The van der Waals surface area contributed by atoms with Crippen LogP contribution in [0.15, 0.2) is 51.4 Å². The summed E-state index contributed by atoms with van der Waals surface area (Å²) in [5, 5.41) is 18.4. The molecule has 208 valence electrons. The Labute approximate surface area is 241 Å². The zero-order valence-electron chi connectivity index (χ0n) is 20.6. The van der Waals surface area contributed by atoms with Crippen LogP contribution < -0.4 is 22.5 Å². The highest BCUT2D eigenvalue weighted by Crippen LogP contribution is 2.46. The number of carbonyl (C=O) groups excluding carboxylic acids is 2. The molecular weight excluding hydrogens is 579 g/mol. The van der Waals surface area contributed by atoms with Crippen molar-refractivity contribution < 1.29 is 24.3 Å². The number of thiocarbonyl (C=S) groups is 1. The fourth-order valence-electron chi connectivity index (χ4n) is 4.21. The number of nitrogens with two attached hydrogens (primary N) is 3. The molecule has 0 spiro atoms. The van der Waals surface area contributed by atoms with Crippen molar-refractivity contribution in [3.63, 3.8) is 0 Å². The van der Waals surface area contributed by atoms with E-state index in [1.807, 2.05) is 0 Å². The fraction of sp³-hybridized carbons (Fsp3) is 0.261. The van der Waals surface area contributed by atoms with Crippen molar-refractivity contribution in [2.75, 3.05) is 24.6 Å². The normalized spacial score (nSPS) is 24.2. The van der Waals surface area contributed by atoms with Gasteiger partial charge in [0.1, 0.15) is 34.6 Å². The highest BCUT2D eigenvalue weighted by Gasteiger charge is 2.65. The molecule has 0 aromatic carbocycles. The Morgan fingerprint density at radius 2 is 2.23 bits per heavy atom. The van der Waals surface area contributed by atoms with Crippen molar-refractivity contribution in [3.05, 3.63) is 46.9 Å². The van der Waals surface area contributed by atoms with Crippen LogP contribution in [-0.2, 0) is 19.2 Å². The molecule has 0 saturated carbocycles. The molecule has 3 aliphatic heterocycles. The third kappa shape index (κ3) is 4.93. The third-order valence-corrected chi connectivity index (χ3v) is 8.30. The van der Waals surface area contributed by atoms with E-state index >= 15 is 0 Å².